The van der Waals surface area contributed by atoms with E-state index in [9.17, 15) is 10.1 Å². The average Bonchev–Trinajstić information content (AvgIpc) is 2.97. The Bertz CT molecular complexity index is 643. The molecule has 2 rings (SSSR count). The summed E-state index contributed by atoms with van der Waals surface area (Å²) in [5.41, 5.74) is -0.0682. The first-order valence-electron chi connectivity index (χ1n) is 6.86. The molecule has 0 aliphatic heterocycles. The molecule has 1 aromatic carbocycles. The van der Waals surface area contributed by atoms with Crippen molar-refractivity contribution in [2.45, 2.75) is 32.9 Å². The second-order valence-electron chi connectivity index (χ2n) is 4.55. The van der Waals surface area contributed by atoms with Gasteiger partial charge in [0.25, 0.3) is 5.69 Å². The minimum Gasteiger partial charge on any atom is -0.493 e. The fourth-order valence-corrected chi connectivity index (χ4v) is 1.84. The number of hydrogen-bond acceptors (Lipinski definition) is 7. The number of nitrogens with zero attached hydrogens (tertiary/aromatic N) is 5. The Hall–Kier alpha value is -2.71. The number of nitro groups is 1. The Morgan fingerprint density at radius 1 is 1.36 bits per heavy atom. The van der Waals surface area contributed by atoms with Gasteiger partial charge in [-0.25, -0.2) is 4.68 Å². The number of ether oxygens (including phenoxy) is 2. The van der Waals surface area contributed by atoms with E-state index in [1.807, 2.05) is 0 Å². The van der Waals surface area contributed by atoms with Gasteiger partial charge in [0.05, 0.1) is 18.1 Å². The zero-order valence-corrected chi connectivity index (χ0v) is 12.4. The zero-order valence-electron chi connectivity index (χ0n) is 12.4. The molecule has 0 saturated heterocycles. The summed E-state index contributed by atoms with van der Waals surface area (Å²) in [6.07, 6.45) is 1.98. The molecule has 0 spiro atoms. The van der Waals surface area contributed by atoms with E-state index in [0.717, 1.165) is 12.8 Å². The summed E-state index contributed by atoms with van der Waals surface area (Å²) in [4.78, 5) is 10.3. The smallest absolute Gasteiger partial charge is 0.273 e. The molecule has 0 amide bonds. The largest absolute Gasteiger partial charge is 0.493 e. The van der Waals surface area contributed by atoms with E-state index >= 15 is 0 Å². The number of aromatic nitrogens is 4. The second-order valence-corrected chi connectivity index (χ2v) is 4.55. The molecule has 2 aromatic rings. The predicted octanol–water partition coefficient (Wildman–Crippen LogP) is 1.97. The summed E-state index contributed by atoms with van der Waals surface area (Å²) < 4.78 is 12.4. The van der Waals surface area contributed by atoms with Gasteiger partial charge in [-0.2, -0.15) is 0 Å². The summed E-state index contributed by atoms with van der Waals surface area (Å²) in [5, 5.41) is 22.2. The Morgan fingerprint density at radius 2 is 2.18 bits per heavy atom. The number of nitro benzene ring substituents is 1. The molecule has 9 nitrogen and oxygen atoms in total. The molecule has 0 N–H and O–H groups in total. The number of methoxy groups -OCH3 is 1. The summed E-state index contributed by atoms with van der Waals surface area (Å²) in [7, 11) is 1.47. The van der Waals surface area contributed by atoms with Gasteiger partial charge in [0.1, 0.15) is 6.61 Å². The number of rotatable bonds is 8. The van der Waals surface area contributed by atoms with Crippen molar-refractivity contribution in [3.05, 3.63) is 34.1 Å². The molecule has 0 fully saturated rings. The number of benzene rings is 1. The molecule has 1 aromatic heterocycles. The van der Waals surface area contributed by atoms with E-state index in [1.54, 1.807) is 4.68 Å². The predicted molar refractivity (Wildman–Crippen MR) is 76.7 cm³/mol. The van der Waals surface area contributed by atoms with Gasteiger partial charge in [-0.1, -0.05) is 13.3 Å². The van der Waals surface area contributed by atoms with Crippen molar-refractivity contribution in [1.82, 2.24) is 20.2 Å². The number of unbranched alkanes of at least 4 members (excludes halogenated alkanes) is 1. The average molecular weight is 307 g/mol. The number of hydrogen-bond donors (Lipinski definition) is 0. The molecule has 0 saturated carbocycles. The third-order valence-electron chi connectivity index (χ3n) is 3.04. The second kappa shape index (κ2) is 7.34. The van der Waals surface area contributed by atoms with Crippen LogP contribution in [0.15, 0.2) is 18.2 Å². The van der Waals surface area contributed by atoms with Gasteiger partial charge < -0.3 is 9.47 Å². The van der Waals surface area contributed by atoms with E-state index in [2.05, 4.69) is 22.4 Å². The summed E-state index contributed by atoms with van der Waals surface area (Å²) >= 11 is 0. The first-order valence-corrected chi connectivity index (χ1v) is 6.86. The molecule has 0 radical (unpaired) electrons. The monoisotopic (exact) mass is 307 g/mol. The minimum atomic E-state index is -0.488. The van der Waals surface area contributed by atoms with Crippen LogP contribution in [0.1, 0.15) is 25.6 Å². The lowest BCUT2D eigenvalue weighted by Crippen LogP contribution is -2.09. The van der Waals surface area contributed by atoms with Crippen LogP contribution in [0.25, 0.3) is 0 Å². The number of aryl methyl sites for hydroxylation is 1. The van der Waals surface area contributed by atoms with Crippen LogP contribution in [0.4, 0.5) is 5.69 Å². The molecule has 0 aliphatic carbocycles. The standard InChI is InChI=1S/C13H17N5O4/c1-3-4-7-17-13(14-15-16-17)9-22-12-8-10(18(19)20)5-6-11(12)21-2/h5-6,8H,3-4,7,9H2,1-2H3. The normalized spacial score (nSPS) is 10.5. The van der Waals surface area contributed by atoms with Crippen LogP contribution in [-0.2, 0) is 13.2 Å². The maximum absolute atomic E-state index is 10.8. The molecule has 118 valence electrons. The molecule has 0 atom stereocenters. The van der Waals surface area contributed by atoms with Crippen LogP contribution in [0.3, 0.4) is 0 Å². The molecule has 22 heavy (non-hydrogen) atoms. The van der Waals surface area contributed by atoms with Crippen molar-refractivity contribution in [3.63, 3.8) is 0 Å². The van der Waals surface area contributed by atoms with Gasteiger partial charge in [0, 0.05) is 12.6 Å². The number of tetrazole rings is 1. The van der Waals surface area contributed by atoms with Crippen molar-refractivity contribution in [1.29, 1.82) is 0 Å². The van der Waals surface area contributed by atoms with Crippen LogP contribution in [-0.4, -0.2) is 32.2 Å². The summed E-state index contributed by atoms with van der Waals surface area (Å²) in [5.74, 6) is 1.25. The third kappa shape index (κ3) is 3.68. The van der Waals surface area contributed by atoms with Crippen molar-refractivity contribution in [2.75, 3.05) is 7.11 Å². The van der Waals surface area contributed by atoms with Gasteiger partial charge in [-0.3, -0.25) is 10.1 Å². The van der Waals surface area contributed by atoms with E-state index in [1.165, 1.54) is 25.3 Å². The number of non-ortho nitro benzene ring substituents is 1. The highest BCUT2D eigenvalue weighted by atomic mass is 16.6. The molecule has 0 aliphatic rings. The van der Waals surface area contributed by atoms with Crippen LogP contribution >= 0.6 is 0 Å². The van der Waals surface area contributed by atoms with Gasteiger partial charge in [-0.05, 0) is 22.9 Å². The van der Waals surface area contributed by atoms with Gasteiger partial charge >= 0.3 is 0 Å². The third-order valence-corrected chi connectivity index (χ3v) is 3.04. The quantitative estimate of drug-likeness (QED) is 0.542. The molecule has 0 bridgehead atoms. The molecule has 9 heteroatoms. The molecular formula is C13H17N5O4. The van der Waals surface area contributed by atoms with E-state index in [0.29, 0.717) is 18.1 Å². The van der Waals surface area contributed by atoms with Crippen molar-refractivity contribution in [3.8, 4) is 11.5 Å². The first-order chi connectivity index (χ1) is 10.7. The van der Waals surface area contributed by atoms with Crippen LogP contribution in [0.5, 0.6) is 11.5 Å². The lowest BCUT2D eigenvalue weighted by Gasteiger charge is -2.10. The minimum absolute atomic E-state index is 0.0682. The van der Waals surface area contributed by atoms with Gasteiger partial charge in [0.15, 0.2) is 17.3 Å². The highest BCUT2D eigenvalue weighted by Gasteiger charge is 2.14. The maximum atomic E-state index is 10.8. The summed E-state index contributed by atoms with van der Waals surface area (Å²) in [6, 6.07) is 4.17. The van der Waals surface area contributed by atoms with Crippen molar-refractivity contribution in [2.24, 2.45) is 0 Å². The van der Waals surface area contributed by atoms with E-state index < -0.39 is 4.92 Å². The Kier molecular flexibility index (Phi) is 5.23. The fourth-order valence-electron chi connectivity index (χ4n) is 1.84. The molecule has 1 heterocycles. The van der Waals surface area contributed by atoms with Crippen LogP contribution in [0.2, 0.25) is 0 Å². The molecule has 0 unspecified atom stereocenters. The highest BCUT2D eigenvalue weighted by molar-refractivity contribution is 5.48. The van der Waals surface area contributed by atoms with Crippen LogP contribution in [0, 0.1) is 10.1 Å². The Balaban J connectivity index is 2.12. The van der Waals surface area contributed by atoms with E-state index in [-0.39, 0.29) is 18.0 Å². The SMILES string of the molecule is CCCCn1nnnc1COc1cc([N+](=O)[O-])ccc1OC. The summed E-state index contributed by atoms with van der Waals surface area (Å²) in [6.45, 7) is 2.89. The highest BCUT2D eigenvalue weighted by Crippen LogP contribution is 2.31. The zero-order chi connectivity index (χ0) is 15.9. The van der Waals surface area contributed by atoms with Crippen molar-refractivity contribution >= 4 is 5.69 Å². The lowest BCUT2D eigenvalue weighted by molar-refractivity contribution is -0.385. The van der Waals surface area contributed by atoms with Crippen LogP contribution < -0.4 is 9.47 Å². The topological polar surface area (TPSA) is 105 Å². The Labute approximate surface area is 127 Å². The lowest BCUT2D eigenvalue weighted by atomic mass is 10.3. The maximum Gasteiger partial charge on any atom is 0.273 e. The van der Waals surface area contributed by atoms with Gasteiger partial charge in [0.2, 0.25) is 0 Å². The first kappa shape index (κ1) is 15.7. The van der Waals surface area contributed by atoms with Gasteiger partial charge in [-0.15, -0.1) is 5.10 Å². The Morgan fingerprint density at radius 3 is 2.86 bits per heavy atom. The van der Waals surface area contributed by atoms with E-state index in [4.69, 9.17) is 9.47 Å². The molecular weight excluding hydrogens is 290 g/mol. The van der Waals surface area contributed by atoms with Crippen molar-refractivity contribution < 1.29 is 14.4 Å². The fraction of sp³-hybridized carbons (Fsp3) is 0.462.